The van der Waals surface area contributed by atoms with Crippen LogP contribution in [0.1, 0.15) is 37.7 Å². The van der Waals surface area contributed by atoms with Crippen LogP contribution >= 0.6 is 23.4 Å². The highest BCUT2D eigenvalue weighted by atomic mass is 35.5. The molecule has 0 amide bonds. The number of rotatable bonds is 7. The first-order valence-electron chi connectivity index (χ1n) is 5.99. The second kappa shape index (κ2) is 7.23. The third-order valence-electron chi connectivity index (χ3n) is 2.70. The molecule has 1 heterocycles. The molecule has 1 aromatic heterocycles. The first-order chi connectivity index (χ1) is 7.78. The predicted molar refractivity (Wildman–Crippen MR) is 73.5 cm³/mol. The van der Waals surface area contributed by atoms with Gasteiger partial charge in [0.05, 0.1) is 18.1 Å². The van der Waals surface area contributed by atoms with Gasteiger partial charge >= 0.3 is 0 Å². The topological polar surface area (TPSA) is 17.8 Å². The van der Waals surface area contributed by atoms with Crippen molar-refractivity contribution < 1.29 is 0 Å². The number of halogens is 1. The highest BCUT2D eigenvalue weighted by Gasteiger charge is 2.13. The number of aryl methyl sites for hydroxylation is 2. The zero-order valence-electron chi connectivity index (χ0n) is 10.4. The Morgan fingerprint density at radius 3 is 2.50 bits per heavy atom. The Labute approximate surface area is 108 Å². The monoisotopic (exact) mass is 260 g/mol. The zero-order chi connectivity index (χ0) is 12.0. The second-order valence-corrected chi connectivity index (χ2v) is 5.29. The van der Waals surface area contributed by atoms with Crippen LogP contribution < -0.4 is 0 Å². The maximum absolute atomic E-state index is 6.01. The number of nitrogens with zero attached hydrogens (tertiary/aromatic N) is 2. The molecule has 0 bridgehead atoms. The molecular formula is C12H21ClN2S. The average Bonchev–Trinajstić information content (AvgIpc) is 2.66. The zero-order valence-corrected chi connectivity index (χ0v) is 12.0. The molecule has 0 spiro atoms. The molecule has 0 fully saturated rings. The summed E-state index contributed by atoms with van der Waals surface area (Å²) in [6.45, 7) is 7.51. The van der Waals surface area contributed by atoms with E-state index >= 15 is 0 Å². The Morgan fingerprint density at radius 1 is 1.25 bits per heavy atom. The molecule has 0 aliphatic heterocycles. The van der Waals surface area contributed by atoms with Crippen molar-refractivity contribution in [2.45, 2.75) is 46.0 Å². The van der Waals surface area contributed by atoms with E-state index in [4.69, 9.17) is 11.6 Å². The molecule has 0 atom stereocenters. The number of aromatic nitrogens is 2. The number of hydrogen-bond donors (Lipinski definition) is 0. The first kappa shape index (κ1) is 13.9. The van der Waals surface area contributed by atoms with Gasteiger partial charge in [0.1, 0.15) is 0 Å². The van der Waals surface area contributed by atoms with Gasteiger partial charge in [0.15, 0.2) is 0 Å². The van der Waals surface area contributed by atoms with Gasteiger partial charge in [-0.25, -0.2) is 0 Å². The fourth-order valence-corrected chi connectivity index (χ4v) is 2.80. The van der Waals surface area contributed by atoms with Crippen molar-refractivity contribution >= 4 is 23.4 Å². The molecule has 0 unspecified atom stereocenters. The Balaban J connectivity index is 2.85. The smallest absolute Gasteiger partial charge is 0.0668 e. The summed E-state index contributed by atoms with van der Waals surface area (Å²) in [5, 5.41) is 4.66. The number of hydrogen-bond acceptors (Lipinski definition) is 2. The molecule has 0 N–H and O–H groups in total. The van der Waals surface area contributed by atoms with Crippen LogP contribution in [0, 0.1) is 0 Å². The average molecular weight is 261 g/mol. The number of thioether (sulfide) groups is 1. The van der Waals surface area contributed by atoms with E-state index in [1.807, 2.05) is 11.8 Å². The molecule has 4 heteroatoms. The van der Waals surface area contributed by atoms with E-state index in [-0.39, 0.29) is 0 Å². The van der Waals surface area contributed by atoms with Gasteiger partial charge in [0.25, 0.3) is 0 Å². The molecule has 92 valence electrons. The Kier molecular flexibility index (Phi) is 6.29. The van der Waals surface area contributed by atoms with E-state index in [2.05, 4.69) is 30.6 Å². The maximum atomic E-state index is 6.01. The van der Waals surface area contributed by atoms with Crippen LogP contribution in [0.2, 0.25) is 0 Å². The first-order valence-corrected chi connectivity index (χ1v) is 7.68. The molecule has 1 rings (SSSR count). The summed E-state index contributed by atoms with van der Waals surface area (Å²) in [4.78, 5) is 0. The van der Waals surface area contributed by atoms with Crippen LogP contribution in [0.25, 0.3) is 0 Å². The van der Waals surface area contributed by atoms with Gasteiger partial charge in [-0.15, -0.1) is 11.6 Å². The molecule has 0 aromatic carbocycles. The standard InChI is InChI=1S/C12H21ClN2S/c1-4-11-10(9-13)12(5-2)15(14-11)7-8-16-6-3/h4-9H2,1-3H3. The lowest BCUT2D eigenvalue weighted by Crippen LogP contribution is -2.07. The minimum Gasteiger partial charge on any atom is -0.268 e. The van der Waals surface area contributed by atoms with E-state index in [0.29, 0.717) is 5.88 Å². The molecule has 1 aromatic rings. The third-order valence-corrected chi connectivity index (χ3v) is 3.85. The van der Waals surface area contributed by atoms with E-state index in [9.17, 15) is 0 Å². The van der Waals surface area contributed by atoms with Crippen LogP contribution in [-0.2, 0) is 25.3 Å². The molecule has 0 saturated carbocycles. The van der Waals surface area contributed by atoms with E-state index in [0.717, 1.165) is 25.1 Å². The van der Waals surface area contributed by atoms with E-state index in [1.165, 1.54) is 22.7 Å². The molecule has 0 saturated heterocycles. The van der Waals surface area contributed by atoms with Crippen molar-refractivity contribution in [1.29, 1.82) is 0 Å². The van der Waals surface area contributed by atoms with Gasteiger partial charge in [0.2, 0.25) is 0 Å². The summed E-state index contributed by atoms with van der Waals surface area (Å²) in [5.41, 5.74) is 3.75. The summed E-state index contributed by atoms with van der Waals surface area (Å²) < 4.78 is 2.15. The van der Waals surface area contributed by atoms with Gasteiger partial charge in [-0.1, -0.05) is 20.8 Å². The molecule has 0 radical (unpaired) electrons. The third kappa shape index (κ3) is 3.17. The lowest BCUT2D eigenvalue weighted by molar-refractivity contribution is 0.623. The van der Waals surface area contributed by atoms with Gasteiger partial charge < -0.3 is 0 Å². The summed E-state index contributed by atoms with van der Waals surface area (Å²) in [7, 11) is 0. The van der Waals surface area contributed by atoms with Gasteiger partial charge in [0, 0.05) is 17.0 Å². The van der Waals surface area contributed by atoms with Gasteiger partial charge in [-0.2, -0.15) is 16.9 Å². The highest BCUT2D eigenvalue weighted by Crippen LogP contribution is 2.19. The lowest BCUT2D eigenvalue weighted by atomic mass is 10.1. The van der Waals surface area contributed by atoms with Crippen molar-refractivity contribution in [1.82, 2.24) is 9.78 Å². The minimum absolute atomic E-state index is 0.591. The summed E-state index contributed by atoms with van der Waals surface area (Å²) in [5.74, 6) is 2.90. The van der Waals surface area contributed by atoms with Crippen LogP contribution in [-0.4, -0.2) is 21.3 Å². The van der Waals surface area contributed by atoms with Crippen LogP contribution in [0.3, 0.4) is 0 Å². The Morgan fingerprint density at radius 2 is 2.00 bits per heavy atom. The molecule has 16 heavy (non-hydrogen) atoms. The largest absolute Gasteiger partial charge is 0.268 e. The van der Waals surface area contributed by atoms with Crippen LogP contribution in [0.4, 0.5) is 0 Å². The normalized spacial score (nSPS) is 11.0. The predicted octanol–water partition coefficient (Wildman–Crippen LogP) is 3.50. The van der Waals surface area contributed by atoms with E-state index < -0.39 is 0 Å². The quantitative estimate of drug-likeness (QED) is 0.552. The molecule has 0 aliphatic rings. The summed E-state index contributed by atoms with van der Waals surface area (Å²) >= 11 is 7.97. The minimum atomic E-state index is 0.591. The maximum Gasteiger partial charge on any atom is 0.0668 e. The highest BCUT2D eigenvalue weighted by molar-refractivity contribution is 7.99. The second-order valence-electron chi connectivity index (χ2n) is 3.63. The van der Waals surface area contributed by atoms with Crippen molar-refractivity contribution in [3.05, 3.63) is 17.0 Å². The van der Waals surface area contributed by atoms with E-state index in [1.54, 1.807) is 0 Å². The summed E-state index contributed by atoms with van der Waals surface area (Å²) in [6, 6.07) is 0. The van der Waals surface area contributed by atoms with Crippen molar-refractivity contribution in [3.8, 4) is 0 Å². The van der Waals surface area contributed by atoms with Crippen molar-refractivity contribution in [2.24, 2.45) is 0 Å². The fourth-order valence-electron chi connectivity index (χ4n) is 1.90. The Bertz CT molecular complexity index is 323. The Hall–Kier alpha value is -0.150. The SMILES string of the molecule is CCSCCn1nc(CC)c(CCl)c1CC. The van der Waals surface area contributed by atoms with Crippen LogP contribution in [0.15, 0.2) is 0 Å². The molecular weight excluding hydrogens is 240 g/mol. The van der Waals surface area contributed by atoms with Gasteiger partial charge in [-0.3, -0.25) is 4.68 Å². The van der Waals surface area contributed by atoms with Crippen LogP contribution in [0.5, 0.6) is 0 Å². The molecule has 0 aliphatic carbocycles. The summed E-state index contributed by atoms with van der Waals surface area (Å²) in [6.07, 6.45) is 1.99. The van der Waals surface area contributed by atoms with Gasteiger partial charge in [-0.05, 0) is 18.6 Å². The number of alkyl halides is 1. The molecule has 2 nitrogen and oxygen atoms in total. The lowest BCUT2D eigenvalue weighted by Gasteiger charge is -2.06. The fraction of sp³-hybridized carbons (Fsp3) is 0.750. The van der Waals surface area contributed by atoms with Crippen molar-refractivity contribution in [2.75, 3.05) is 11.5 Å². The van der Waals surface area contributed by atoms with Crippen molar-refractivity contribution in [3.63, 3.8) is 0 Å².